The largest absolute Gasteiger partial charge is 0.370 e. The standard InChI is InChI=1S/C21H18ClN3O2S/c1-21(2)8-16-13(10-27-21)7-14-17-18(28-19(14)24-16)20(26)25(11-23-17)9-12-5-3-4-6-15(12)22/h3-7,11H,8-10H2,1-2H3. The summed E-state index contributed by atoms with van der Waals surface area (Å²) < 4.78 is 8.14. The van der Waals surface area contributed by atoms with Crippen LogP contribution < -0.4 is 5.56 Å². The maximum atomic E-state index is 13.1. The highest BCUT2D eigenvalue weighted by atomic mass is 35.5. The summed E-state index contributed by atoms with van der Waals surface area (Å²) in [5, 5.41) is 1.56. The van der Waals surface area contributed by atoms with Gasteiger partial charge >= 0.3 is 0 Å². The van der Waals surface area contributed by atoms with E-state index in [9.17, 15) is 4.79 Å². The van der Waals surface area contributed by atoms with Gasteiger partial charge in [-0.1, -0.05) is 29.8 Å². The molecule has 3 aromatic heterocycles. The molecule has 0 unspecified atom stereocenters. The predicted octanol–water partition coefficient (Wildman–Crippen LogP) is 4.56. The van der Waals surface area contributed by atoms with E-state index in [0.717, 1.165) is 33.5 Å². The van der Waals surface area contributed by atoms with E-state index in [-0.39, 0.29) is 11.2 Å². The van der Waals surface area contributed by atoms with Crippen LogP contribution in [0.1, 0.15) is 30.7 Å². The molecule has 0 atom stereocenters. The van der Waals surface area contributed by atoms with Crippen LogP contribution in [-0.2, 0) is 24.3 Å². The van der Waals surface area contributed by atoms with E-state index >= 15 is 0 Å². The molecule has 5 nitrogen and oxygen atoms in total. The summed E-state index contributed by atoms with van der Waals surface area (Å²) in [5.41, 5.74) is 3.44. The Morgan fingerprint density at radius 1 is 1.32 bits per heavy atom. The highest BCUT2D eigenvalue weighted by Gasteiger charge is 2.28. The molecular formula is C21H18ClN3O2S. The van der Waals surface area contributed by atoms with Gasteiger partial charge in [-0.05, 0) is 31.5 Å². The Hall–Kier alpha value is -2.28. The molecule has 0 bridgehead atoms. The van der Waals surface area contributed by atoms with Crippen molar-refractivity contribution in [3.63, 3.8) is 0 Å². The van der Waals surface area contributed by atoms with Gasteiger partial charge in [0.05, 0.1) is 36.3 Å². The molecule has 0 saturated carbocycles. The molecule has 0 fully saturated rings. The maximum Gasteiger partial charge on any atom is 0.271 e. The summed E-state index contributed by atoms with van der Waals surface area (Å²) in [6.45, 7) is 5.07. The molecule has 0 saturated heterocycles. The minimum absolute atomic E-state index is 0.0672. The third-order valence-corrected chi connectivity index (χ3v) is 6.56. The number of thiophene rings is 1. The Balaban J connectivity index is 1.64. The molecule has 0 amide bonds. The highest BCUT2D eigenvalue weighted by Crippen LogP contribution is 2.34. The fraction of sp³-hybridized carbons (Fsp3) is 0.286. The second-order valence-electron chi connectivity index (χ2n) is 7.72. The van der Waals surface area contributed by atoms with Gasteiger partial charge in [0.25, 0.3) is 5.56 Å². The van der Waals surface area contributed by atoms with Crippen molar-refractivity contribution in [1.82, 2.24) is 14.5 Å². The first-order chi connectivity index (χ1) is 13.4. The SMILES string of the molecule is CC1(C)Cc2nc3sc4c(=O)n(Cc5ccccc5Cl)cnc4c3cc2CO1. The molecule has 7 heteroatoms. The van der Waals surface area contributed by atoms with E-state index < -0.39 is 0 Å². The van der Waals surface area contributed by atoms with E-state index in [2.05, 4.69) is 24.9 Å². The average Bonchev–Trinajstić information content (AvgIpc) is 3.01. The number of pyridine rings is 1. The average molecular weight is 412 g/mol. The summed E-state index contributed by atoms with van der Waals surface area (Å²) in [6, 6.07) is 9.61. The van der Waals surface area contributed by atoms with Crippen LogP contribution in [0.5, 0.6) is 0 Å². The van der Waals surface area contributed by atoms with Gasteiger partial charge < -0.3 is 4.74 Å². The zero-order valence-corrected chi connectivity index (χ0v) is 17.1. The number of nitrogens with zero attached hydrogens (tertiary/aromatic N) is 3. The zero-order chi connectivity index (χ0) is 19.5. The first-order valence-corrected chi connectivity index (χ1v) is 10.3. The Morgan fingerprint density at radius 3 is 2.96 bits per heavy atom. The minimum atomic E-state index is -0.218. The summed E-state index contributed by atoms with van der Waals surface area (Å²) >= 11 is 7.66. The van der Waals surface area contributed by atoms with Crippen molar-refractivity contribution in [1.29, 1.82) is 0 Å². The molecule has 1 aliphatic heterocycles. The van der Waals surface area contributed by atoms with Crippen molar-refractivity contribution in [2.75, 3.05) is 0 Å². The Morgan fingerprint density at radius 2 is 2.14 bits per heavy atom. The molecule has 4 heterocycles. The fourth-order valence-corrected chi connectivity index (χ4v) is 4.87. The normalized spacial score (nSPS) is 15.8. The smallest absolute Gasteiger partial charge is 0.271 e. The fourth-order valence-electron chi connectivity index (χ4n) is 3.60. The molecule has 5 rings (SSSR count). The number of fused-ring (bicyclic) bond motifs is 4. The van der Waals surface area contributed by atoms with E-state index in [1.807, 2.05) is 24.3 Å². The lowest BCUT2D eigenvalue weighted by Crippen LogP contribution is -2.32. The van der Waals surface area contributed by atoms with Gasteiger partial charge in [0.1, 0.15) is 9.53 Å². The van der Waals surface area contributed by atoms with Crippen molar-refractivity contribution in [3.8, 4) is 0 Å². The van der Waals surface area contributed by atoms with Crippen molar-refractivity contribution in [2.45, 2.75) is 39.0 Å². The van der Waals surface area contributed by atoms with E-state index in [0.29, 0.717) is 28.4 Å². The quantitative estimate of drug-likeness (QED) is 0.485. The van der Waals surface area contributed by atoms with Crippen molar-refractivity contribution < 1.29 is 4.74 Å². The lowest BCUT2D eigenvalue weighted by atomic mass is 9.95. The summed E-state index contributed by atoms with van der Waals surface area (Å²) in [4.78, 5) is 23.4. The van der Waals surface area contributed by atoms with Crippen LogP contribution in [0.4, 0.5) is 0 Å². The lowest BCUT2D eigenvalue weighted by Gasteiger charge is -2.30. The Bertz CT molecular complexity index is 1290. The van der Waals surface area contributed by atoms with Crippen LogP contribution in [0.2, 0.25) is 5.02 Å². The third-order valence-electron chi connectivity index (χ3n) is 5.12. The number of hydrogen-bond acceptors (Lipinski definition) is 5. The van der Waals surface area contributed by atoms with Crippen LogP contribution in [0, 0.1) is 0 Å². The molecule has 0 N–H and O–H groups in total. The number of hydrogen-bond donors (Lipinski definition) is 0. The summed E-state index contributed by atoms with van der Waals surface area (Å²) in [5.74, 6) is 0. The minimum Gasteiger partial charge on any atom is -0.370 e. The molecule has 0 aliphatic carbocycles. The van der Waals surface area contributed by atoms with Gasteiger partial charge in [-0.2, -0.15) is 0 Å². The van der Waals surface area contributed by atoms with Gasteiger partial charge in [0.15, 0.2) is 0 Å². The molecule has 1 aromatic carbocycles. The highest BCUT2D eigenvalue weighted by molar-refractivity contribution is 7.25. The number of aromatic nitrogens is 3. The van der Waals surface area contributed by atoms with Crippen molar-refractivity contribution >= 4 is 43.4 Å². The predicted molar refractivity (Wildman–Crippen MR) is 112 cm³/mol. The van der Waals surface area contributed by atoms with E-state index in [1.54, 1.807) is 10.9 Å². The molecule has 0 spiro atoms. The third kappa shape index (κ3) is 2.92. The topological polar surface area (TPSA) is 57.0 Å². The van der Waals surface area contributed by atoms with Gasteiger partial charge in [0, 0.05) is 22.4 Å². The summed E-state index contributed by atoms with van der Waals surface area (Å²) in [6.07, 6.45) is 2.36. The second kappa shape index (κ2) is 6.37. The van der Waals surface area contributed by atoms with Gasteiger partial charge in [-0.25, -0.2) is 9.97 Å². The first-order valence-electron chi connectivity index (χ1n) is 9.09. The van der Waals surface area contributed by atoms with Gasteiger partial charge in [-0.3, -0.25) is 9.36 Å². The van der Waals surface area contributed by atoms with Crippen LogP contribution in [0.25, 0.3) is 20.4 Å². The Kier molecular flexibility index (Phi) is 4.05. The molecule has 142 valence electrons. The van der Waals surface area contributed by atoms with Crippen LogP contribution >= 0.6 is 22.9 Å². The molecule has 4 aromatic rings. The molecule has 28 heavy (non-hydrogen) atoms. The van der Waals surface area contributed by atoms with Gasteiger partial charge in [0.2, 0.25) is 0 Å². The van der Waals surface area contributed by atoms with Crippen molar-refractivity contribution in [2.24, 2.45) is 0 Å². The lowest BCUT2D eigenvalue weighted by molar-refractivity contribution is -0.0411. The monoisotopic (exact) mass is 411 g/mol. The van der Waals surface area contributed by atoms with E-state index in [4.69, 9.17) is 21.3 Å². The number of benzene rings is 1. The van der Waals surface area contributed by atoms with Crippen molar-refractivity contribution in [3.05, 3.63) is 68.9 Å². The van der Waals surface area contributed by atoms with E-state index in [1.165, 1.54) is 11.3 Å². The number of rotatable bonds is 2. The van der Waals surface area contributed by atoms with Gasteiger partial charge in [-0.15, -0.1) is 11.3 Å². The molecular weight excluding hydrogens is 394 g/mol. The Labute approximate surface area is 170 Å². The summed E-state index contributed by atoms with van der Waals surface area (Å²) in [7, 11) is 0. The number of halogens is 1. The first kappa shape index (κ1) is 17.8. The molecule has 0 radical (unpaired) electrons. The van der Waals surface area contributed by atoms with Crippen LogP contribution in [0.3, 0.4) is 0 Å². The van der Waals surface area contributed by atoms with Crippen LogP contribution in [-0.4, -0.2) is 20.1 Å². The number of ether oxygens (including phenoxy) is 1. The maximum absolute atomic E-state index is 13.1. The second-order valence-corrected chi connectivity index (χ2v) is 9.13. The molecule has 1 aliphatic rings. The van der Waals surface area contributed by atoms with Crippen LogP contribution in [0.15, 0.2) is 41.5 Å². The zero-order valence-electron chi connectivity index (χ0n) is 15.5.